The first-order valence-electron chi connectivity index (χ1n) is 15.3. The van der Waals surface area contributed by atoms with Crippen LogP contribution in [0.2, 0.25) is 0 Å². The van der Waals surface area contributed by atoms with Crippen LogP contribution >= 0.6 is 0 Å². The molecule has 0 amide bonds. The maximum atomic E-state index is 5.80. The molecule has 1 aliphatic heterocycles. The van der Waals surface area contributed by atoms with Crippen molar-refractivity contribution in [1.29, 1.82) is 0 Å². The molecule has 5 heteroatoms. The number of benzene rings is 2. The zero-order valence-corrected chi connectivity index (χ0v) is 27.0. The molecule has 3 heterocycles. The number of aromatic nitrogens is 2. The van der Waals surface area contributed by atoms with Crippen molar-refractivity contribution in [2.45, 2.75) is 75.5 Å². The molecule has 0 fully saturated rings. The predicted molar refractivity (Wildman–Crippen MR) is 186 cm³/mol. The van der Waals surface area contributed by atoms with E-state index in [1.807, 2.05) is 127 Å². The fourth-order valence-corrected chi connectivity index (χ4v) is 3.74. The standard InChI is InChI=1S/C18H20N2O.C13H13NO.3C2H6.CH4/c1-20-12-10-16(11-13-20)17-8-5-9-18(19-17)21-14-15-6-3-2-4-7-15;1-11-6-5-9-13(14-11)15-10-12-7-3-2-4-8-12;3*1-2;/h2-10H,11-14H2,1H3;2-9H,10H2,1H3;3*1-2H3;1H4. The molecule has 5 nitrogen and oxygen atoms in total. The SMILES string of the molecule is C.CC.CC.CC.CN1CC=C(c2cccc(OCc3ccccc3)n2)CC1.Cc1cccc(OCc2ccccc2)n1. The second-order valence-corrected chi connectivity index (χ2v) is 8.77. The number of rotatable bonds is 7. The monoisotopic (exact) mass is 585 g/mol. The molecule has 234 valence electrons. The highest BCUT2D eigenvalue weighted by atomic mass is 16.5. The molecule has 2 aromatic heterocycles. The Hall–Kier alpha value is -3.96. The van der Waals surface area contributed by atoms with E-state index in [9.17, 15) is 0 Å². The lowest BCUT2D eigenvalue weighted by atomic mass is 10.0. The van der Waals surface area contributed by atoms with Crippen molar-refractivity contribution in [2.75, 3.05) is 20.1 Å². The summed E-state index contributed by atoms with van der Waals surface area (Å²) in [6.07, 6.45) is 3.30. The number of likely N-dealkylation sites (N-methyl/N-ethyl adjacent to an activating group) is 1. The highest BCUT2D eigenvalue weighted by molar-refractivity contribution is 5.64. The number of ether oxygens (including phenoxy) is 2. The van der Waals surface area contributed by atoms with Crippen LogP contribution in [0.1, 0.15) is 77.9 Å². The first-order chi connectivity index (χ1) is 20.7. The Kier molecular flexibility index (Phi) is 22.4. The first kappa shape index (κ1) is 39.0. The van der Waals surface area contributed by atoms with Crippen LogP contribution in [0.25, 0.3) is 5.57 Å². The van der Waals surface area contributed by atoms with Crippen molar-refractivity contribution >= 4 is 5.57 Å². The van der Waals surface area contributed by atoms with E-state index in [1.54, 1.807) is 0 Å². The van der Waals surface area contributed by atoms with Gasteiger partial charge in [-0.3, -0.25) is 0 Å². The van der Waals surface area contributed by atoms with Crippen LogP contribution < -0.4 is 9.47 Å². The third kappa shape index (κ3) is 15.7. The summed E-state index contributed by atoms with van der Waals surface area (Å²) in [4.78, 5) is 11.2. The minimum absolute atomic E-state index is 0. The second-order valence-electron chi connectivity index (χ2n) is 8.77. The van der Waals surface area contributed by atoms with E-state index in [2.05, 4.69) is 46.2 Å². The van der Waals surface area contributed by atoms with Crippen LogP contribution in [-0.2, 0) is 13.2 Å². The van der Waals surface area contributed by atoms with Crippen molar-refractivity contribution in [3.8, 4) is 11.8 Å². The van der Waals surface area contributed by atoms with E-state index in [4.69, 9.17) is 9.47 Å². The van der Waals surface area contributed by atoms with Crippen LogP contribution in [0.4, 0.5) is 0 Å². The van der Waals surface area contributed by atoms with Crippen molar-refractivity contribution < 1.29 is 9.47 Å². The van der Waals surface area contributed by atoms with Gasteiger partial charge in [-0.25, -0.2) is 9.97 Å². The van der Waals surface area contributed by atoms with Gasteiger partial charge in [0.2, 0.25) is 11.8 Å². The van der Waals surface area contributed by atoms with Gasteiger partial charge in [-0.1, -0.05) is 128 Å². The van der Waals surface area contributed by atoms with Gasteiger partial charge in [0.05, 0.1) is 5.69 Å². The minimum atomic E-state index is 0. The fraction of sp³-hybridized carbons (Fsp3) is 0.368. The molecule has 0 unspecified atom stereocenters. The third-order valence-electron chi connectivity index (χ3n) is 5.79. The maximum absolute atomic E-state index is 5.80. The summed E-state index contributed by atoms with van der Waals surface area (Å²) in [7, 11) is 2.14. The number of aryl methyl sites for hydroxylation is 1. The molecule has 0 bridgehead atoms. The summed E-state index contributed by atoms with van der Waals surface area (Å²) in [6.45, 7) is 17.2. The second kappa shape index (κ2) is 24.6. The highest BCUT2D eigenvalue weighted by Gasteiger charge is 2.11. The van der Waals surface area contributed by atoms with Gasteiger partial charge in [0.15, 0.2) is 0 Å². The average molecular weight is 586 g/mol. The van der Waals surface area contributed by atoms with Crippen LogP contribution in [0.15, 0.2) is 103 Å². The van der Waals surface area contributed by atoms with Crippen LogP contribution in [-0.4, -0.2) is 35.0 Å². The Morgan fingerprint density at radius 3 is 1.58 bits per heavy atom. The molecule has 1 aliphatic rings. The smallest absolute Gasteiger partial charge is 0.214 e. The average Bonchev–Trinajstić information content (AvgIpc) is 3.07. The van der Waals surface area contributed by atoms with Gasteiger partial charge < -0.3 is 14.4 Å². The molecule has 5 rings (SSSR count). The molecule has 0 atom stereocenters. The maximum Gasteiger partial charge on any atom is 0.214 e. The Balaban J connectivity index is 0.000000710. The molecule has 4 aromatic rings. The Morgan fingerprint density at radius 1 is 0.628 bits per heavy atom. The summed E-state index contributed by atoms with van der Waals surface area (Å²) in [6, 6.07) is 32.0. The van der Waals surface area contributed by atoms with E-state index in [0.29, 0.717) is 25.0 Å². The van der Waals surface area contributed by atoms with Gasteiger partial charge >= 0.3 is 0 Å². The van der Waals surface area contributed by atoms with Crippen molar-refractivity contribution in [3.05, 3.63) is 126 Å². The van der Waals surface area contributed by atoms with Gasteiger partial charge in [-0.2, -0.15) is 0 Å². The van der Waals surface area contributed by atoms with Crippen molar-refractivity contribution in [3.63, 3.8) is 0 Å². The van der Waals surface area contributed by atoms with Crippen LogP contribution in [0.5, 0.6) is 11.8 Å². The van der Waals surface area contributed by atoms with E-state index >= 15 is 0 Å². The van der Waals surface area contributed by atoms with Gasteiger partial charge in [0.1, 0.15) is 13.2 Å². The van der Waals surface area contributed by atoms with Gasteiger partial charge in [-0.05, 0) is 49.2 Å². The minimum Gasteiger partial charge on any atom is -0.473 e. The van der Waals surface area contributed by atoms with Crippen LogP contribution in [0.3, 0.4) is 0 Å². The molecule has 43 heavy (non-hydrogen) atoms. The number of hydrogen-bond donors (Lipinski definition) is 0. The van der Waals surface area contributed by atoms with Crippen LogP contribution in [0, 0.1) is 6.92 Å². The normalized spacial score (nSPS) is 11.5. The first-order valence-corrected chi connectivity index (χ1v) is 15.3. The van der Waals surface area contributed by atoms with Gasteiger partial charge in [-0.15, -0.1) is 0 Å². The zero-order chi connectivity index (χ0) is 31.0. The molecule has 0 N–H and O–H groups in total. The van der Waals surface area contributed by atoms with E-state index in [0.717, 1.165) is 42.0 Å². The quantitative estimate of drug-likeness (QED) is 0.216. The highest BCUT2D eigenvalue weighted by Crippen LogP contribution is 2.22. The molecule has 0 saturated heterocycles. The Bertz CT molecular complexity index is 1240. The molecule has 0 aliphatic carbocycles. The summed E-state index contributed by atoms with van der Waals surface area (Å²) in [5, 5.41) is 0. The van der Waals surface area contributed by atoms with Crippen molar-refractivity contribution in [1.82, 2.24) is 14.9 Å². The lowest BCUT2D eigenvalue weighted by molar-refractivity contribution is 0.293. The van der Waals surface area contributed by atoms with Gasteiger partial charge in [0.25, 0.3) is 0 Å². The summed E-state index contributed by atoms with van der Waals surface area (Å²) in [5.74, 6) is 1.37. The van der Waals surface area contributed by atoms with Crippen molar-refractivity contribution in [2.24, 2.45) is 0 Å². The van der Waals surface area contributed by atoms with E-state index in [1.165, 1.54) is 5.57 Å². The summed E-state index contributed by atoms with van der Waals surface area (Å²) >= 11 is 0. The van der Waals surface area contributed by atoms with E-state index < -0.39 is 0 Å². The molecular formula is C38H55N3O2. The lowest BCUT2D eigenvalue weighted by Crippen LogP contribution is -2.23. The number of hydrogen-bond acceptors (Lipinski definition) is 5. The molecular weight excluding hydrogens is 530 g/mol. The summed E-state index contributed by atoms with van der Waals surface area (Å²) in [5.41, 5.74) is 5.64. The number of pyridine rings is 2. The Labute approximate surface area is 262 Å². The largest absolute Gasteiger partial charge is 0.473 e. The lowest BCUT2D eigenvalue weighted by Gasteiger charge is -2.21. The molecule has 0 spiro atoms. The topological polar surface area (TPSA) is 47.5 Å². The predicted octanol–water partition coefficient (Wildman–Crippen LogP) is 10.1. The fourth-order valence-electron chi connectivity index (χ4n) is 3.74. The van der Waals surface area contributed by atoms with E-state index in [-0.39, 0.29) is 7.43 Å². The summed E-state index contributed by atoms with van der Waals surface area (Å²) < 4.78 is 11.4. The zero-order valence-electron chi connectivity index (χ0n) is 27.0. The number of nitrogens with zero attached hydrogens (tertiary/aromatic N) is 3. The van der Waals surface area contributed by atoms with Gasteiger partial charge in [0, 0.05) is 30.9 Å². The molecule has 0 saturated carbocycles. The molecule has 0 radical (unpaired) electrons. The Morgan fingerprint density at radius 2 is 1.12 bits per heavy atom. The third-order valence-corrected chi connectivity index (χ3v) is 5.79. The molecule has 2 aromatic carbocycles.